The van der Waals surface area contributed by atoms with Crippen molar-refractivity contribution in [3.63, 3.8) is 0 Å². The summed E-state index contributed by atoms with van der Waals surface area (Å²) in [6.07, 6.45) is 2.37. The summed E-state index contributed by atoms with van der Waals surface area (Å²) >= 11 is 0. The van der Waals surface area contributed by atoms with E-state index in [1.54, 1.807) is 7.05 Å². The minimum atomic E-state index is -0.801. The van der Waals surface area contributed by atoms with Crippen molar-refractivity contribution in [1.82, 2.24) is 20.9 Å². The zero-order chi connectivity index (χ0) is 26.0. The number of hydrogen-bond donors (Lipinski definition) is 4. The Morgan fingerprint density at radius 1 is 0.941 bits per heavy atom. The zero-order valence-electron chi connectivity index (χ0n) is 21.5. The van der Waals surface area contributed by atoms with E-state index in [0.29, 0.717) is 32.2 Å². The average Bonchev–Trinajstić information content (AvgIpc) is 3.21. The van der Waals surface area contributed by atoms with Crippen LogP contribution in [0.4, 0.5) is 0 Å². The predicted molar refractivity (Wildman–Crippen MR) is 129 cm³/mol. The summed E-state index contributed by atoms with van der Waals surface area (Å²) < 4.78 is 0. The van der Waals surface area contributed by atoms with Crippen molar-refractivity contribution in [2.24, 2.45) is 17.6 Å². The number of carbonyl (C=O) groups is 5. The molecule has 1 aliphatic rings. The number of amides is 4. The number of primary amides is 1. The first-order valence-electron chi connectivity index (χ1n) is 12.2. The summed E-state index contributed by atoms with van der Waals surface area (Å²) in [4.78, 5) is 64.0. The lowest BCUT2D eigenvalue weighted by Gasteiger charge is -2.31. The average molecular weight is 482 g/mol. The molecule has 194 valence electrons. The van der Waals surface area contributed by atoms with Gasteiger partial charge in [0.25, 0.3) is 0 Å². The first kappa shape index (κ1) is 29.5. The second kappa shape index (κ2) is 14.0. The standard InChI is InChI=1S/C24H43N5O5/c1-14(2)12-18(16(5)30)27-23(33)20-8-7-11-29(20)24(34)19(13-15(3)4)28-22(32)17(26-6)9-10-21(25)31/h14-15,17-20,26H,7-13H2,1-6H3,(H2,25,31)(H,27,33)(H,28,32)/t17-,18-,19-,20-/m0/s1. The molecule has 0 radical (unpaired) electrons. The van der Waals surface area contributed by atoms with Crippen LogP contribution in [0.15, 0.2) is 0 Å². The number of ketones is 1. The van der Waals surface area contributed by atoms with E-state index in [4.69, 9.17) is 5.73 Å². The maximum Gasteiger partial charge on any atom is 0.245 e. The molecule has 4 amide bonds. The highest BCUT2D eigenvalue weighted by molar-refractivity contribution is 5.95. The number of hydrogen-bond acceptors (Lipinski definition) is 6. The van der Waals surface area contributed by atoms with Gasteiger partial charge in [-0.3, -0.25) is 24.0 Å². The van der Waals surface area contributed by atoms with Crippen LogP contribution in [0.1, 0.15) is 73.1 Å². The van der Waals surface area contributed by atoms with Crippen molar-refractivity contribution in [2.75, 3.05) is 13.6 Å². The van der Waals surface area contributed by atoms with Crippen LogP contribution >= 0.6 is 0 Å². The molecule has 10 nitrogen and oxygen atoms in total. The zero-order valence-corrected chi connectivity index (χ0v) is 21.5. The number of likely N-dealkylation sites (tertiary alicyclic amines) is 1. The Hall–Kier alpha value is -2.49. The maximum absolute atomic E-state index is 13.5. The molecule has 0 aromatic carbocycles. The van der Waals surface area contributed by atoms with E-state index in [9.17, 15) is 24.0 Å². The summed E-state index contributed by atoms with van der Waals surface area (Å²) in [5.74, 6) is -1.31. The van der Waals surface area contributed by atoms with Gasteiger partial charge in [-0.15, -0.1) is 0 Å². The molecule has 1 fully saturated rings. The Bertz CT molecular complexity index is 739. The van der Waals surface area contributed by atoms with Gasteiger partial charge in [-0.2, -0.15) is 0 Å². The van der Waals surface area contributed by atoms with Crippen LogP contribution in [0.3, 0.4) is 0 Å². The lowest BCUT2D eigenvalue weighted by atomic mass is 9.99. The highest BCUT2D eigenvalue weighted by Gasteiger charge is 2.39. The van der Waals surface area contributed by atoms with Crippen LogP contribution in [0, 0.1) is 11.8 Å². The number of Topliss-reactive ketones (excluding diaryl/α,β-unsaturated/α-hetero) is 1. The van der Waals surface area contributed by atoms with Crippen molar-refractivity contribution in [3.05, 3.63) is 0 Å². The van der Waals surface area contributed by atoms with Gasteiger partial charge in [0.1, 0.15) is 12.1 Å². The smallest absolute Gasteiger partial charge is 0.245 e. The minimum Gasteiger partial charge on any atom is -0.370 e. The molecule has 0 aromatic heterocycles. The van der Waals surface area contributed by atoms with Crippen LogP contribution in [0.5, 0.6) is 0 Å². The molecular weight excluding hydrogens is 438 g/mol. The quantitative estimate of drug-likeness (QED) is 0.283. The SMILES string of the molecule is CN[C@@H](CCC(N)=O)C(=O)N[C@@H](CC(C)C)C(=O)N1CCC[C@H]1C(=O)N[C@@H](CC(C)C)C(C)=O. The highest BCUT2D eigenvalue weighted by Crippen LogP contribution is 2.21. The molecule has 5 N–H and O–H groups in total. The van der Waals surface area contributed by atoms with Crippen LogP contribution in [0.2, 0.25) is 0 Å². The number of nitrogens with one attached hydrogen (secondary N) is 3. The second-order valence-electron chi connectivity index (χ2n) is 10.0. The van der Waals surface area contributed by atoms with Crippen molar-refractivity contribution < 1.29 is 24.0 Å². The Kier molecular flexibility index (Phi) is 12.2. The van der Waals surface area contributed by atoms with E-state index < -0.39 is 36.0 Å². The molecular formula is C24H43N5O5. The van der Waals surface area contributed by atoms with E-state index >= 15 is 0 Å². The van der Waals surface area contributed by atoms with Gasteiger partial charge in [-0.25, -0.2) is 0 Å². The van der Waals surface area contributed by atoms with Crippen LogP contribution < -0.4 is 21.7 Å². The van der Waals surface area contributed by atoms with Gasteiger partial charge >= 0.3 is 0 Å². The van der Waals surface area contributed by atoms with E-state index in [1.165, 1.54) is 11.8 Å². The van der Waals surface area contributed by atoms with Crippen molar-refractivity contribution >= 4 is 29.4 Å². The number of nitrogens with two attached hydrogens (primary N) is 1. The number of rotatable bonds is 14. The number of nitrogens with zero attached hydrogens (tertiary/aromatic N) is 1. The molecule has 1 rings (SSSR count). The van der Waals surface area contributed by atoms with Gasteiger partial charge in [0.15, 0.2) is 5.78 Å². The molecule has 1 heterocycles. The Balaban J connectivity index is 2.97. The first-order valence-corrected chi connectivity index (χ1v) is 12.2. The molecule has 0 bridgehead atoms. The van der Waals surface area contributed by atoms with Gasteiger partial charge in [-0.1, -0.05) is 27.7 Å². The topological polar surface area (TPSA) is 151 Å². The summed E-state index contributed by atoms with van der Waals surface area (Å²) in [5.41, 5.74) is 5.20. The maximum atomic E-state index is 13.5. The third-order valence-corrected chi connectivity index (χ3v) is 6.02. The molecule has 0 aliphatic carbocycles. The van der Waals surface area contributed by atoms with E-state index in [2.05, 4.69) is 16.0 Å². The van der Waals surface area contributed by atoms with Gasteiger partial charge in [0.2, 0.25) is 23.6 Å². The fraction of sp³-hybridized carbons (Fsp3) is 0.792. The van der Waals surface area contributed by atoms with E-state index in [0.717, 1.165) is 0 Å². The van der Waals surface area contributed by atoms with Crippen LogP contribution in [-0.2, 0) is 24.0 Å². The summed E-state index contributed by atoms with van der Waals surface area (Å²) in [6.45, 7) is 9.73. The van der Waals surface area contributed by atoms with Crippen molar-refractivity contribution in [1.29, 1.82) is 0 Å². The molecule has 0 unspecified atom stereocenters. The van der Waals surface area contributed by atoms with Crippen molar-refractivity contribution in [3.8, 4) is 0 Å². The summed E-state index contributed by atoms with van der Waals surface area (Å²) in [7, 11) is 1.61. The fourth-order valence-corrected chi connectivity index (χ4v) is 4.23. The Labute approximate surface area is 203 Å². The van der Waals surface area contributed by atoms with E-state index in [-0.39, 0.29) is 42.3 Å². The molecule has 1 aliphatic heterocycles. The lowest BCUT2D eigenvalue weighted by molar-refractivity contribution is -0.142. The van der Waals surface area contributed by atoms with Gasteiger partial charge in [0.05, 0.1) is 12.1 Å². The first-order chi connectivity index (χ1) is 15.9. The van der Waals surface area contributed by atoms with E-state index in [1.807, 2.05) is 27.7 Å². The summed E-state index contributed by atoms with van der Waals surface area (Å²) in [5, 5.41) is 8.50. The minimum absolute atomic E-state index is 0.0454. The molecule has 0 aromatic rings. The molecule has 0 spiro atoms. The van der Waals surface area contributed by atoms with Gasteiger partial charge in [-0.05, 0) is 57.9 Å². The monoisotopic (exact) mass is 481 g/mol. The fourth-order valence-electron chi connectivity index (χ4n) is 4.23. The number of carbonyl (C=O) groups excluding carboxylic acids is 5. The Morgan fingerprint density at radius 3 is 2.03 bits per heavy atom. The normalized spacial score (nSPS) is 18.5. The predicted octanol–water partition coefficient (Wildman–Crippen LogP) is 0.482. The Morgan fingerprint density at radius 2 is 1.53 bits per heavy atom. The molecule has 34 heavy (non-hydrogen) atoms. The third-order valence-electron chi connectivity index (χ3n) is 6.02. The van der Waals surface area contributed by atoms with Gasteiger partial charge in [0, 0.05) is 13.0 Å². The van der Waals surface area contributed by atoms with Gasteiger partial charge < -0.3 is 26.6 Å². The lowest BCUT2D eigenvalue weighted by Crippen LogP contribution is -2.57. The number of likely N-dealkylation sites (N-methyl/N-ethyl adjacent to an activating group) is 1. The second-order valence-corrected chi connectivity index (χ2v) is 10.0. The molecule has 10 heteroatoms. The summed E-state index contributed by atoms with van der Waals surface area (Å²) in [6, 6.07) is -2.73. The third kappa shape index (κ3) is 9.40. The van der Waals surface area contributed by atoms with Crippen LogP contribution in [-0.4, -0.2) is 72.1 Å². The van der Waals surface area contributed by atoms with Crippen molar-refractivity contribution in [2.45, 2.75) is 97.3 Å². The molecule has 1 saturated heterocycles. The highest BCUT2D eigenvalue weighted by atomic mass is 16.2. The van der Waals surface area contributed by atoms with Crippen LogP contribution in [0.25, 0.3) is 0 Å². The molecule has 0 saturated carbocycles. The largest absolute Gasteiger partial charge is 0.370 e. The molecule has 4 atom stereocenters.